The topological polar surface area (TPSA) is 89.3 Å². The normalized spacial score (nSPS) is 11.8. The summed E-state index contributed by atoms with van der Waals surface area (Å²) in [6.45, 7) is 4.37. The fourth-order valence-corrected chi connectivity index (χ4v) is 5.51. The lowest BCUT2D eigenvalue weighted by Crippen LogP contribution is -2.19. The summed E-state index contributed by atoms with van der Waals surface area (Å²) in [5.74, 6) is 1.21. The van der Waals surface area contributed by atoms with Crippen LogP contribution in [0.5, 0.6) is 11.5 Å². The molecule has 0 amide bonds. The van der Waals surface area contributed by atoms with Crippen LogP contribution < -0.4 is 9.47 Å². The largest absolute Gasteiger partial charge is 0.489 e. The Labute approximate surface area is 207 Å². The lowest BCUT2D eigenvalue weighted by molar-refractivity contribution is 0.299. The minimum absolute atomic E-state index is 0.0551. The zero-order valence-electron chi connectivity index (χ0n) is 18.3. The van der Waals surface area contributed by atoms with Crippen LogP contribution in [-0.4, -0.2) is 32.1 Å². The van der Waals surface area contributed by atoms with Crippen molar-refractivity contribution >= 4 is 44.4 Å². The van der Waals surface area contributed by atoms with Crippen molar-refractivity contribution < 1.29 is 17.9 Å². The first-order valence-corrected chi connectivity index (χ1v) is 13.5. The molecule has 0 bridgehead atoms. The van der Waals surface area contributed by atoms with Crippen LogP contribution in [0.3, 0.4) is 0 Å². The number of thiazole rings is 1. The monoisotopic (exact) mass is 524 g/mol. The van der Waals surface area contributed by atoms with E-state index in [2.05, 4.69) is 11.1 Å². The zero-order chi connectivity index (χ0) is 24.2. The summed E-state index contributed by atoms with van der Waals surface area (Å²) in [6.07, 6.45) is 1.15. The first-order chi connectivity index (χ1) is 15.6. The quantitative estimate of drug-likeness (QED) is 0.338. The third-order valence-electron chi connectivity index (χ3n) is 5.10. The highest BCUT2D eigenvalue weighted by Gasteiger charge is 2.26. The van der Waals surface area contributed by atoms with Crippen molar-refractivity contribution in [1.29, 1.82) is 5.26 Å². The highest BCUT2D eigenvalue weighted by Crippen LogP contribution is 2.38. The fourth-order valence-electron chi connectivity index (χ4n) is 3.27. The maximum atomic E-state index is 11.8. The number of aromatic nitrogens is 1. The second-order valence-corrected chi connectivity index (χ2v) is 11.6. The van der Waals surface area contributed by atoms with Gasteiger partial charge in [0.05, 0.1) is 22.0 Å². The first-order valence-electron chi connectivity index (χ1n) is 9.86. The van der Waals surface area contributed by atoms with Gasteiger partial charge in [0.2, 0.25) is 0 Å². The van der Waals surface area contributed by atoms with E-state index in [4.69, 9.17) is 32.7 Å². The average Bonchev–Trinajstić information content (AvgIpc) is 3.26. The van der Waals surface area contributed by atoms with E-state index in [0.717, 1.165) is 28.7 Å². The minimum atomic E-state index is -3.34. The molecular weight excluding hydrogens is 503 g/mol. The minimum Gasteiger partial charge on any atom is -0.489 e. The molecule has 0 atom stereocenters. The van der Waals surface area contributed by atoms with E-state index in [9.17, 15) is 13.7 Å². The van der Waals surface area contributed by atoms with Crippen LogP contribution in [0.2, 0.25) is 5.02 Å². The highest BCUT2D eigenvalue weighted by molar-refractivity contribution is 7.92. The third kappa shape index (κ3) is 5.79. The Morgan fingerprint density at radius 3 is 2.45 bits per heavy atom. The van der Waals surface area contributed by atoms with Crippen LogP contribution in [0.25, 0.3) is 0 Å². The number of halogens is 2. The molecule has 0 spiro atoms. The molecule has 10 heteroatoms. The second kappa shape index (κ2) is 10.3. The molecule has 33 heavy (non-hydrogen) atoms. The molecule has 1 aromatic heterocycles. The van der Waals surface area contributed by atoms with Crippen molar-refractivity contribution in [2.24, 2.45) is 0 Å². The van der Waals surface area contributed by atoms with Gasteiger partial charge in [-0.1, -0.05) is 37.6 Å². The number of nitrogens with zero attached hydrogens (tertiary/aromatic N) is 2. The summed E-state index contributed by atoms with van der Waals surface area (Å²) in [4.78, 5) is 4.10. The fraction of sp³-hybridized carbons (Fsp3) is 0.304. The molecule has 0 saturated heterocycles. The lowest BCUT2D eigenvalue weighted by Gasteiger charge is -2.27. The molecule has 3 rings (SSSR count). The molecule has 0 fully saturated rings. The molecule has 0 radical (unpaired) electrons. The molecule has 3 aromatic rings. The van der Waals surface area contributed by atoms with E-state index in [1.807, 2.05) is 38.1 Å². The predicted octanol–water partition coefficient (Wildman–Crippen LogP) is 5.59. The van der Waals surface area contributed by atoms with Gasteiger partial charge in [-0.25, -0.2) is 13.4 Å². The molecule has 1 heterocycles. The lowest BCUT2D eigenvalue weighted by atomic mass is 9.77. The van der Waals surface area contributed by atoms with E-state index in [-0.39, 0.29) is 17.4 Å². The number of hydrogen-bond acceptors (Lipinski definition) is 7. The van der Waals surface area contributed by atoms with Crippen LogP contribution in [0.15, 0.2) is 46.1 Å². The van der Waals surface area contributed by atoms with Crippen LogP contribution in [0.4, 0.5) is 0 Å². The predicted molar refractivity (Wildman–Crippen MR) is 131 cm³/mol. The number of nitriles is 1. The Hall–Kier alpha value is -2.31. The number of benzene rings is 2. The number of rotatable bonds is 9. The van der Waals surface area contributed by atoms with Gasteiger partial charge in [0.15, 0.2) is 15.6 Å². The van der Waals surface area contributed by atoms with Gasteiger partial charge in [-0.2, -0.15) is 5.26 Å². The van der Waals surface area contributed by atoms with E-state index in [1.54, 1.807) is 12.1 Å². The number of alkyl halides is 1. The van der Waals surface area contributed by atoms with Gasteiger partial charge in [0, 0.05) is 11.7 Å². The Morgan fingerprint density at radius 2 is 1.85 bits per heavy atom. The van der Waals surface area contributed by atoms with Crippen LogP contribution in [-0.2, 0) is 21.9 Å². The van der Waals surface area contributed by atoms with Crippen LogP contribution >= 0.6 is 34.5 Å². The molecule has 174 valence electrons. The highest BCUT2D eigenvalue weighted by atomic mass is 35.5. The van der Waals surface area contributed by atoms with Crippen molar-refractivity contribution in [3.05, 3.63) is 69.3 Å². The van der Waals surface area contributed by atoms with E-state index in [0.29, 0.717) is 33.7 Å². The molecule has 0 N–H and O–H groups in total. The van der Waals surface area contributed by atoms with Gasteiger partial charge in [0.25, 0.3) is 0 Å². The van der Waals surface area contributed by atoms with Gasteiger partial charge in [0.1, 0.15) is 34.9 Å². The Balaban J connectivity index is 1.81. The van der Waals surface area contributed by atoms with E-state index in [1.165, 1.54) is 5.51 Å². The van der Waals surface area contributed by atoms with Gasteiger partial charge >= 0.3 is 0 Å². The van der Waals surface area contributed by atoms with Crippen molar-refractivity contribution in [2.75, 3.05) is 18.7 Å². The summed E-state index contributed by atoms with van der Waals surface area (Å²) >= 11 is 13.2. The number of hydrogen-bond donors (Lipinski definition) is 0. The summed E-state index contributed by atoms with van der Waals surface area (Å²) in [5.41, 5.74) is 3.61. The molecular formula is C23H22Cl2N2O4S2. The molecule has 0 aliphatic carbocycles. The first kappa shape index (κ1) is 25.3. The SMILES string of the molecule is CC(C)(c1ccc(OCc2ncsc2S(C)(=O)=O)cc1)c1cc(Cl)c(OCCCl)c(C#N)c1. The number of sulfone groups is 1. The van der Waals surface area contributed by atoms with Gasteiger partial charge in [-0.3, -0.25) is 0 Å². The third-order valence-corrected chi connectivity index (χ3v) is 8.30. The maximum Gasteiger partial charge on any atom is 0.186 e. The van der Waals surface area contributed by atoms with Gasteiger partial charge in [-0.05, 0) is 35.4 Å². The summed E-state index contributed by atoms with van der Waals surface area (Å²) in [7, 11) is -3.34. The summed E-state index contributed by atoms with van der Waals surface area (Å²) in [5, 5.41) is 9.92. The molecule has 0 unspecified atom stereocenters. The summed E-state index contributed by atoms with van der Waals surface area (Å²) < 4.78 is 35.2. The van der Waals surface area contributed by atoms with Crippen molar-refractivity contribution in [2.45, 2.75) is 30.1 Å². The smallest absolute Gasteiger partial charge is 0.186 e. The Morgan fingerprint density at radius 1 is 1.15 bits per heavy atom. The van der Waals surface area contributed by atoms with Crippen molar-refractivity contribution in [3.63, 3.8) is 0 Å². The summed E-state index contributed by atoms with van der Waals surface area (Å²) in [6, 6.07) is 13.2. The molecule has 0 aliphatic rings. The van der Waals surface area contributed by atoms with E-state index >= 15 is 0 Å². The van der Waals surface area contributed by atoms with Crippen molar-refractivity contribution in [3.8, 4) is 17.6 Å². The average molecular weight is 525 g/mol. The Bertz CT molecular complexity index is 1280. The number of ether oxygens (including phenoxy) is 2. The van der Waals surface area contributed by atoms with Gasteiger partial charge in [-0.15, -0.1) is 22.9 Å². The molecule has 0 aliphatic heterocycles. The zero-order valence-corrected chi connectivity index (χ0v) is 21.4. The van der Waals surface area contributed by atoms with Gasteiger partial charge < -0.3 is 9.47 Å². The second-order valence-electron chi connectivity index (χ2n) is 7.78. The molecule has 6 nitrogen and oxygen atoms in total. The molecule has 2 aromatic carbocycles. The van der Waals surface area contributed by atoms with Crippen LogP contribution in [0, 0.1) is 11.3 Å². The Kier molecular flexibility index (Phi) is 7.91. The van der Waals surface area contributed by atoms with E-state index < -0.39 is 15.3 Å². The van der Waals surface area contributed by atoms with Crippen molar-refractivity contribution in [1.82, 2.24) is 4.98 Å². The maximum absolute atomic E-state index is 11.8. The van der Waals surface area contributed by atoms with Crippen LogP contribution in [0.1, 0.15) is 36.2 Å². The molecule has 0 saturated carbocycles. The standard InChI is InChI=1S/C23H22Cl2N2O4S2/c1-23(2,17-10-15(12-26)21(19(25)11-17)30-9-8-24)16-4-6-18(7-5-16)31-13-20-22(32-14-27-20)33(3,28)29/h4-7,10-11,14H,8-9,13H2,1-3H3.